The van der Waals surface area contributed by atoms with E-state index in [2.05, 4.69) is 35.0 Å². The molecule has 0 saturated heterocycles. The van der Waals surface area contributed by atoms with Crippen LogP contribution in [0.4, 0.5) is 55.3 Å². The molecule has 0 radical (unpaired) electrons. The Morgan fingerprint density at radius 2 is 0.966 bits per heavy atom. The predicted octanol–water partition coefficient (Wildman–Crippen LogP) is 9.89. The van der Waals surface area contributed by atoms with E-state index in [0.717, 1.165) is 24.3 Å². The van der Waals surface area contributed by atoms with Gasteiger partial charge >= 0.3 is 24.6 Å². The summed E-state index contributed by atoms with van der Waals surface area (Å²) in [7, 11) is 0. The second-order valence-electron chi connectivity index (χ2n) is 13.7. The number of carbonyl (C=O) groups excluding carboxylic acids is 1. The van der Waals surface area contributed by atoms with Crippen molar-refractivity contribution in [3.63, 3.8) is 0 Å². The van der Waals surface area contributed by atoms with Crippen LogP contribution in [0.1, 0.15) is 27.2 Å². The second kappa shape index (κ2) is 16.7. The summed E-state index contributed by atoms with van der Waals surface area (Å²) in [5.41, 5.74) is 8.83. The van der Waals surface area contributed by atoms with Crippen molar-refractivity contribution in [1.29, 1.82) is 0 Å². The molecule has 6 aromatic rings. The Bertz CT molecular complexity index is 2320. The number of nitrogens with zero attached hydrogens (tertiary/aromatic N) is 6. The third-order valence-corrected chi connectivity index (χ3v) is 7.62. The molecule has 21 heteroatoms. The molecule has 2 heterocycles. The van der Waals surface area contributed by atoms with E-state index in [1.807, 2.05) is 20.8 Å². The monoisotopic (exact) mass is 838 g/mol. The van der Waals surface area contributed by atoms with Crippen LogP contribution in [0.2, 0.25) is 0 Å². The minimum absolute atomic E-state index is 0.0990. The molecule has 3 N–H and O–H groups in total. The molecule has 11 nitrogen and oxygen atoms in total. The highest BCUT2D eigenvalue weighted by Crippen LogP contribution is 2.38. The molecule has 4 aromatic carbocycles. The number of rotatable bonds is 10. The van der Waals surface area contributed by atoms with Gasteiger partial charge in [-0.2, -0.15) is 43.9 Å². The SMILES string of the molecule is CC(C)(C)CC(=O)Nc1ccc(-c2ncn(-c3ccc(OC(F)(F)C(F)(F)F)cc3)n2)cc1.Nc1ccc(-c2ncn(-c3ccc(OC(F)(F)C(F)(F)F)cc3)n2)cc1. The minimum Gasteiger partial charge on any atom is -0.426 e. The number of amides is 1. The van der Waals surface area contributed by atoms with E-state index in [9.17, 15) is 48.7 Å². The molecule has 0 aliphatic rings. The first-order chi connectivity index (χ1) is 27.4. The van der Waals surface area contributed by atoms with Crippen LogP contribution >= 0.6 is 0 Å². The third-order valence-electron chi connectivity index (χ3n) is 7.62. The molecule has 0 saturated carbocycles. The van der Waals surface area contributed by atoms with Gasteiger partial charge in [-0.1, -0.05) is 20.8 Å². The highest BCUT2D eigenvalue weighted by molar-refractivity contribution is 5.91. The van der Waals surface area contributed by atoms with Gasteiger partial charge in [0.15, 0.2) is 11.6 Å². The van der Waals surface area contributed by atoms with Crippen LogP contribution in [-0.4, -0.2) is 60.0 Å². The summed E-state index contributed by atoms with van der Waals surface area (Å²) in [4.78, 5) is 20.3. The van der Waals surface area contributed by atoms with Gasteiger partial charge in [0.25, 0.3) is 0 Å². The van der Waals surface area contributed by atoms with Crippen LogP contribution in [0.25, 0.3) is 34.2 Å². The molecule has 0 unspecified atom stereocenters. The number of aromatic nitrogens is 6. The lowest BCUT2D eigenvalue weighted by Gasteiger charge is -2.20. The average Bonchev–Trinajstić information content (AvgIpc) is 3.83. The Morgan fingerprint density at radius 1 is 0.593 bits per heavy atom. The molecule has 312 valence electrons. The smallest absolute Gasteiger partial charge is 0.426 e. The normalized spacial score (nSPS) is 12.4. The van der Waals surface area contributed by atoms with Gasteiger partial charge in [0.1, 0.15) is 24.2 Å². The number of nitrogen functional groups attached to an aromatic ring is 1. The second-order valence-corrected chi connectivity index (χ2v) is 13.7. The van der Waals surface area contributed by atoms with E-state index in [-0.39, 0.29) is 11.3 Å². The number of halogens is 10. The van der Waals surface area contributed by atoms with E-state index < -0.39 is 36.1 Å². The van der Waals surface area contributed by atoms with Crippen LogP contribution in [-0.2, 0) is 4.79 Å². The van der Waals surface area contributed by atoms with Gasteiger partial charge in [-0.25, -0.2) is 19.3 Å². The lowest BCUT2D eigenvalue weighted by atomic mass is 9.92. The van der Waals surface area contributed by atoms with Gasteiger partial charge in [0.2, 0.25) is 5.91 Å². The quantitative estimate of drug-likeness (QED) is 0.103. The molecule has 0 aliphatic heterocycles. The number of nitrogens with two attached hydrogens (primary N) is 1. The topological polar surface area (TPSA) is 135 Å². The van der Waals surface area contributed by atoms with Crippen molar-refractivity contribution in [1.82, 2.24) is 29.5 Å². The molecule has 0 atom stereocenters. The van der Waals surface area contributed by atoms with Gasteiger partial charge in [-0.05, 0) is 102 Å². The maximum atomic E-state index is 13.0. The van der Waals surface area contributed by atoms with Gasteiger partial charge in [0, 0.05) is 28.9 Å². The molecule has 2 aromatic heterocycles. The standard InChI is InChI=1S/C22H21F5N4O2.C16H11F5N4O/c1-20(2,3)12-18(32)29-15-6-4-14(5-7-15)19-28-13-31(30-19)16-8-10-17(11-9-16)33-22(26,27)21(23,24)25;17-15(18,19)16(20,21)26-13-7-5-12(6-8-13)25-9-23-14(24-25)10-1-3-11(22)4-2-10/h4-11,13H,12H2,1-3H3,(H,29,32);1-9H,22H2. The molecule has 0 bridgehead atoms. The van der Waals surface area contributed by atoms with Crippen molar-refractivity contribution in [2.75, 3.05) is 11.1 Å². The number of hydrogen-bond acceptors (Lipinski definition) is 8. The summed E-state index contributed by atoms with van der Waals surface area (Å²) < 4.78 is 135. The first-order valence-electron chi connectivity index (χ1n) is 17.0. The first-order valence-corrected chi connectivity index (χ1v) is 17.0. The molecule has 1 amide bonds. The maximum absolute atomic E-state index is 13.0. The van der Waals surface area contributed by atoms with Crippen LogP contribution in [0, 0.1) is 5.41 Å². The Labute approximate surface area is 328 Å². The van der Waals surface area contributed by atoms with E-state index in [4.69, 9.17) is 5.73 Å². The maximum Gasteiger partial charge on any atom is 0.499 e. The summed E-state index contributed by atoms with van der Waals surface area (Å²) >= 11 is 0. The fourth-order valence-corrected chi connectivity index (χ4v) is 4.81. The number of benzene rings is 4. The molecular weight excluding hydrogens is 806 g/mol. The van der Waals surface area contributed by atoms with Crippen molar-refractivity contribution in [2.45, 2.75) is 51.8 Å². The number of ether oxygens (including phenoxy) is 2. The van der Waals surface area contributed by atoms with Gasteiger partial charge in [-0.3, -0.25) is 4.79 Å². The van der Waals surface area contributed by atoms with Crippen molar-refractivity contribution in [3.8, 4) is 45.6 Å². The number of nitrogens with one attached hydrogen (secondary N) is 1. The first kappa shape index (κ1) is 43.5. The molecule has 6 rings (SSSR count). The lowest BCUT2D eigenvalue weighted by molar-refractivity contribution is -0.360. The largest absolute Gasteiger partial charge is 0.499 e. The van der Waals surface area contributed by atoms with Gasteiger partial charge in [-0.15, -0.1) is 10.2 Å². The minimum atomic E-state index is -5.82. The van der Waals surface area contributed by atoms with Crippen LogP contribution in [0.15, 0.2) is 110 Å². The van der Waals surface area contributed by atoms with E-state index in [0.29, 0.717) is 51.9 Å². The Morgan fingerprint density at radius 3 is 1.32 bits per heavy atom. The fourth-order valence-electron chi connectivity index (χ4n) is 4.81. The van der Waals surface area contributed by atoms with Crippen LogP contribution < -0.4 is 20.5 Å². The Balaban J connectivity index is 0.000000230. The van der Waals surface area contributed by atoms with Crippen molar-refractivity contribution >= 4 is 17.3 Å². The van der Waals surface area contributed by atoms with Crippen LogP contribution in [0.5, 0.6) is 11.5 Å². The zero-order chi connectivity index (χ0) is 43.4. The summed E-state index contributed by atoms with van der Waals surface area (Å²) in [6.07, 6.45) is -19.1. The number of anilines is 2. The van der Waals surface area contributed by atoms with Gasteiger partial charge < -0.3 is 20.5 Å². The van der Waals surface area contributed by atoms with Crippen molar-refractivity contribution in [2.24, 2.45) is 5.41 Å². The van der Waals surface area contributed by atoms with E-state index in [1.54, 1.807) is 48.5 Å². The van der Waals surface area contributed by atoms with E-state index >= 15 is 0 Å². The Kier molecular flexibility index (Phi) is 12.3. The summed E-state index contributed by atoms with van der Waals surface area (Å²) in [5, 5.41) is 11.3. The summed E-state index contributed by atoms with van der Waals surface area (Å²) in [5.74, 6) is -0.626. The lowest BCUT2D eigenvalue weighted by Crippen LogP contribution is -2.41. The molecule has 0 fully saturated rings. The number of alkyl halides is 10. The molecular formula is C38H32F10N8O3. The predicted molar refractivity (Wildman–Crippen MR) is 194 cm³/mol. The fraction of sp³-hybridized carbons (Fsp3) is 0.237. The summed E-state index contributed by atoms with van der Waals surface area (Å²) in [6, 6.07) is 22.7. The number of carbonyl (C=O) groups is 1. The Hall–Kier alpha value is -6.67. The van der Waals surface area contributed by atoms with E-state index in [1.165, 1.54) is 46.3 Å². The third kappa shape index (κ3) is 11.5. The molecule has 59 heavy (non-hydrogen) atoms. The average molecular weight is 839 g/mol. The summed E-state index contributed by atoms with van der Waals surface area (Å²) in [6.45, 7) is 5.90. The zero-order valence-electron chi connectivity index (χ0n) is 30.9. The van der Waals surface area contributed by atoms with Gasteiger partial charge in [0.05, 0.1) is 11.4 Å². The number of hydrogen-bond donors (Lipinski definition) is 2. The van der Waals surface area contributed by atoms with Crippen molar-refractivity contribution in [3.05, 3.63) is 110 Å². The van der Waals surface area contributed by atoms with Crippen molar-refractivity contribution < 1.29 is 58.2 Å². The molecule has 0 spiro atoms. The van der Waals surface area contributed by atoms with Crippen LogP contribution in [0.3, 0.4) is 0 Å². The molecule has 0 aliphatic carbocycles. The highest BCUT2D eigenvalue weighted by atomic mass is 19.4. The highest BCUT2D eigenvalue weighted by Gasteiger charge is 2.62. The zero-order valence-corrected chi connectivity index (χ0v) is 30.9.